The highest BCUT2D eigenvalue weighted by Crippen LogP contribution is 2.34. The topological polar surface area (TPSA) is 109 Å². The first-order chi connectivity index (χ1) is 27.5. The van der Waals surface area contributed by atoms with E-state index in [2.05, 4.69) is 0 Å². The lowest BCUT2D eigenvalue weighted by Crippen LogP contribution is -2.39. The Morgan fingerprint density at radius 1 is 0.650 bits per heavy atom. The molecule has 0 amide bonds. The molecular weight excluding hydrogens is 889 g/mol. The fourth-order valence-corrected chi connectivity index (χ4v) is 7.26. The maximum atomic E-state index is 12.8. The van der Waals surface area contributed by atoms with Gasteiger partial charge in [-0.2, -0.15) is 13.2 Å². The predicted molar refractivity (Wildman–Crippen MR) is 239 cm³/mol. The van der Waals surface area contributed by atoms with E-state index in [1.807, 2.05) is 41.5 Å². The number of carbonyl (C=O) groups excluding carboxylic acids is 2. The number of methoxy groups -OCH3 is 1. The van der Waals surface area contributed by atoms with Crippen molar-refractivity contribution in [3.05, 3.63) is 126 Å². The third kappa shape index (κ3) is 14.8. The fraction of sp³-hybridized carbons (Fsp3) is 0.465. The first-order valence-corrected chi connectivity index (χ1v) is 20.7. The minimum absolute atomic E-state index is 0.00741. The molecule has 2 aromatic heterocycles. The summed E-state index contributed by atoms with van der Waals surface area (Å²) < 4.78 is 46.9. The van der Waals surface area contributed by atoms with E-state index in [9.17, 15) is 37.1 Å². The number of hydrogen-bond acceptors (Lipinski definition) is 6. The van der Waals surface area contributed by atoms with E-state index in [0.29, 0.717) is 67.0 Å². The van der Waals surface area contributed by atoms with Crippen LogP contribution in [-0.4, -0.2) is 32.4 Å². The number of benzene rings is 2. The van der Waals surface area contributed by atoms with Crippen molar-refractivity contribution < 1.29 is 27.5 Å². The second-order valence-electron chi connectivity index (χ2n) is 15.3. The van der Waals surface area contributed by atoms with E-state index in [0.717, 1.165) is 10.6 Å². The molecule has 4 aromatic rings. The summed E-state index contributed by atoms with van der Waals surface area (Å²) >= 11 is 29.7. The molecule has 0 aliphatic carbocycles. The summed E-state index contributed by atoms with van der Waals surface area (Å²) in [5, 5.41) is 1.78. The molecular formula is C43H53Cl5F3N3O6. The van der Waals surface area contributed by atoms with Crippen LogP contribution in [0.4, 0.5) is 13.2 Å². The van der Waals surface area contributed by atoms with Crippen LogP contribution in [-0.2, 0) is 27.3 Å². The van der Waals surface area contributed by atoms with E-state index in [1.165, 1.54) is 37.3 Å². The minimum atomic E-state index is -4.47. The van der Waals surface area contributed by atoms with Crippen LogP contribution >= 0.6 is 58.0 Å². The largest absolute Gasteiger partial charge is 0.497 e. The average molecular weight is 942 g/mol. The molecule has 0 N–H and O–H groups in total. The van der Waals surface area contributed by atoms with Gasteiger partial charge in [0.2, 0.25) is 0 Å². The van der Waals surface area contributed by atoms with Crippen LogP contribution in [0.15, 0.2) is 50.8 Å². The number of pyridine rings is 1. The number of alkyl halides is 3. The van der Waals surface area contributed by atoms with E-state index >= 15 is 0 Å². The third-order valence-corrected chi connectivity index (χ3v) is 10.4. The average Bonchev–Trinajstić information content (AvgIpc) is 3.11. The van der Waals surface area contributed by atoms with Gasteiger partial charge in [-0.3, -0.25) is 28.3 Å². The molecule has 0 saturated carbocycles. The molecule has 4 rings (SSSR count). The highest BCUT2D eigenvalue weighted by atomic mass is 35.5. The summed E-state index contributed by atoms with van der Waals surface area (Å²) in [5.74, 6) is 0.680. The number of halogens is 8. The Morgan fingerprint density at radius 2 is 1.05 bits per heavy atom. The Hall–Kier alpha value is -3.55. The molecule has 2 aromatic carbocycles. The van der Waals surface area contributed by atoms with Crippen molar-refractivity contribution in [2.45, 2.75) is 93.2 Å². The van der Waals surface area contributed by atoms with Gasteiger partial charge in [0.15, 0.2) is 11.6 Å². The summed E-state index contributed by atoms with van der Waals surface area (Å²) in [6.07, 6.45) is -3.56. The SMILES string of the molecule is CC(C)CC(=O)c1c(Cl)cccc1Cl.CC(C)c1c(Cl)n(C)c(=O)n(C)c1=O.COc1cc(Cl)c(C(=O)CC(C)C)c(Cl)c1.Cc1cc(C(F)(F)F)c(C(C)C)c(=O)n1C. The standard InChI is InChI=1S/C12H14Cl2O2.C11H12Cl2O.C11H14F3NO.C9H13ClN2O2/c1-7(2)4-11(15)12-9(13)5-8(16-3)6-10(12)14;1-7(2)6-10(14)11-8(12)4-3-5-9(11)13;1-6(2)9-8(11(12,13)14)5-7(3)15(4)10(9)16;1-5(2)6-7(10)11(3)9(14)12(4)8(6)13/h5-7H,4H2,1-3H3;3-5,7H,6H2,1-2H3;5-6H,1-4H3;5H,1-4H3. The lowest BCUT2D eigenvalue weighted by Gasteiger charge is -2.17. The zero-order valence-corrected chi connectivity index (χ0v) is 39.8. The molecule has 17 heteroatoms. The summed E-state index contributed by atoms with van der Waals surface area (Å²) in [7, 11) is 6.00. The zero-order valence-electron chi connectivity index (χ0n) is 36.0. The van der Waals surface area contributed by atoms with Crippen LogP contribution in [0.5, 0.6) is 5.75 Å². The number of hydrogen-bond donors (Lipinski definition) is 0. The number of ketones is 2. The molecule has 9 nitrogen and oxygen atoms in total. The molecule has 0 spiro atoms. The first-order valence-electron chi connectivity index (χ1n) is 18.8. The van der Waals surface area contributed by atoms with Gasteiger partial charge in [0.05, 0.1) is 49.5 Å². The van der Waals surface area contributed by atoms with Gasteiger partial charge >= 0.3 is 11.9 Å². The van der Waals surface area contributed by atoms with Crippen molar-refractivity contribution in [3.63, 3.8) is 0 Å². The van der Waals surface area contributed by atoms with E-state index in [1.54, 1.807) is 51.2 Å². The molecule has 0 saturated heterocycles. The Morgan fingerprint density at radius 3 is 1.42 bits per heavy atom. The maximum Gasteiger partial charge on any atom is 0.416 e. The van der Waals surface area contributed by atoms with Gasteiger partial charge in [-0.25, -0.2) is 4.79 Å². The zero-order chi connectivity index (χ0) is 46.7. The van der Waals surface area contributed by atoms with Crippen molar-refractivity contribution in [2.24, 2.45) is 33.0 Å². The molecule has 0 radical (unpaired) electrons. The Kier molecular flexibility index (Phi) is 21.4. The van der Waals surface area contributed by atoms with Gasteiger partial charge in [-0.05, 0) is 60.9 Å². The van der Waals surface area contributed by atoms with E-state index in [4.69, 9.17) is 62.7 Å². The van der Waals surface area contributed by atoms with Gasteiger partial charge in [0.1, 0.15) is 10.9 Å². The molecule has 0 aliphatic rings. The van der Waals surface area contributed by atoms with E-state index < -0.39 is 28.9 Å². The highest BCUT2D eigenvalue weighted by Gasteiger charge is 2.36. The molecule has 0 aliphatic heterocycles. The van der Waals surface area contributed by atoms with Crippen LogP contribution in [0, 0.1) is 18.8 Å². The van der Waals surface area contributed by atoms with Gasteiger partial charge in [0, 0.05) is 45.2 Å². The number of ether oxygens (including phenoxy) is 1. The van der Waals surface area contributed by atoms with E-state index in [-0.39, 0.29) is 39.7 Å². The normalized spacial score (nSPS) is 11.2. The Balaban J connectivity index is 0.000000401. The second kappa shape index (κ2) is 23.6. The third-order valence-electron chi connectivity index (χ3n) is 8.75. The molecule has 332 valence electrons. The van der Waals surface area contributed by atoms with Gasteiger partial charge in [-0.1, -0.05) is 119 Å². The Bertz CT molecular complexity index is 2290. The lowest BCUT2D eigenvalue weighted by atomic mass is 9.98. The summed E-state index contributed by atoms with van der Waals surface area (Å²) in [6, 6.07) is 9.32. The smallest absolute Gasteiger partial charge is 0.416 e. The minimum Gasteiger partial charge on any atom is -0.497 e. The fourth-order valence-electron chi connectivity index (χ4n) is 5.61. The number of carbonyl (C=O) groups is 2. The van der Waals surface area contributed by atoms with Gasteiger partial charge in [0.25, 0.3) is 11.1 Å². The number of aromatic nitrogens is 3. The molecule has 0 atom stereocenters. The van der Waals surface area contributed by atoms with Crippen LogP contribution < -0.4 is 21.5 Å². The lowest BCUT2D eigenvalue weighted by molar-refractivity contribution is -0.138. The maximum absolute atomic E-state index is 12.8. The van der Waals surface area contributed by atoms with Gasteiger partial charge < -0.3 is 9.30 Å². The second-order valence-corrected chi connectivity index (χ2v) is 17.3. The molecule has 60 heavy (non-hydrogen) atoms. The van der Waals surface area contributed by atoms with Crippen LogP contribution in [0.2, 0.25) is 25.2 Å². The monoisotopic (exact) mass is 939 g/mol. The molecule has 0 fully saturated rings. The highest BCUT2D eigenvalue weighted by molar-refractivity contribution is 6.40. The first kappa shape index (κ1) is 54.5. The number of rotatable bonds is 9. The van der Waals surface area contributed by atoms with Crippen LogP contribution in [0.25, 0.3) is 0 Å². The summed E-state index contributed by atoms with van der Waals surface area (Å²) in [4.78, 5) is 58.5. The Labute approximate surface area is 374 Å². The van der Waals surface area contributed by atoms with Crippen LogP contribution in [0.3, 0.4) is 0 Å². The van der Waals surface area contributed by atoms with Crippen molar-refractivity contribution in [1.82, 2.24) is 13.7 Å². The summed E-state index contributed by atoms with van der Waals surface area (Å²) in [6.45, 7) is 16.3. The quantitative estimate of drug-likeness (QED) is 0.122. The van der Waals surface area contributed by atoms with Crippen molar-refractivity contribution in [1.29, 1.82) is 0 Å². The van der Waals surface area contributed by atoms with Crippen molar-refractivity contribution in [3.8, 4) is 5.75 Å². The molecule has 2 heterocycles. The number of Topliss-reactive ketones (excluding diaryl/α,β-unsaturated/α-hetero) is 2. The number of nitrogens with zero attached hydrogens (tertiary/aromatic N) is 3. The van der Waals surface area contributed by atoms with Crippen molar-refractivity contribution >= 4 is 69.6 Å². The summed E-state index contributed by atoms with van der Waals surface area (Å²) in [5.41, 5.74) is -0.635. The molecule has 0 unspecified atom stereocenters. The van der Waals surface area contributed by atoms with Crippen molar-refractivity contribution in [2.75, 3.05) is 7.11 Å². The van der Waals surface area contributed by atoms with Gasteiger partial charge in [-0.15, -0.1) is 0 Å². The van der Waals surface area contributed by atoms with Crippen LogP contribution in [0.1, 0.15) is 123 Å². The molecule has 0 bridgehead atoms. The predicted octanol–water partition coefficient (Wildman–Crippen LogP) is 12.1. The number of aryl methyl sites for hydroxylation is 1.